The zero-order chi connectivity index (χ0) is 13.9. The maximum atomic E-state index is 11.9. The van der Waals surface area contributed by atoms with Crippen molar-refractivity contribution >= 4 is 28.2 Å². The van der Waals surface area contributed by atoms with Gasteiger partial charge in [-0.05, 0) is 26.7 Å². The van der Waals surface area contributed by atoms with Gasteiger partial charge < -0.3 is 16.4 Å². The molecule has 102 valence electrons. The summed E-state index contributed by atoms with van der Waals surface area (Å²) in [6.45, 7) is 10.8. The molecule has 0 aliphatic carbocycles. The van der Waals surface area contributed by atoms with Crippen molar-refractivity contribution in [1.82, 2.24) is 10.3 Å². The van der Waals surface area contributed by atoms with Crippen LogP contribution in [0.15, 0.2) is 0 Å². The van der Waals surface area contributed by atoms with Gasteiger partial charge in [-0.1, -0.05) is 25.2 Å². The highest BCUT2D eigenvalue weighted by molar-refractivity contribution is 7.18. The van der Waals surface area contributed by atoms with Crippen molar-refractivity contribution in [3.8, 4) is 0 Å². The van der Waals surface area contributed by atoms with E-state index in [0.29, 0.717) is 22.5 Å². The van der Waals surface area contributed by atoms with Crippen LogP contribution < -0.4 is 16.4 Å². The normalized spacial score (nSPS) is 11.7. The highest BCUT2D eigenvalue weighted by Gasteiger charge is 2.19. The number of carbonyl (C=O) groups is 1. The maximum Gasteiger partial charge on any atom is 0.265 e. The molecule has 0 saturated carbocycles. The maximum absolute atomic E-state index is 11.9. The first-order valence-corrected chi connectivity index (χ1v) is 6.83. The molecule has 0 bridgehead atoms. The number of hydrogen-bond acceptors (Lipinski definition) is 5. The molecule has 0 radical (unpaired) electrons. The van der Waals surface area contributed by atoms with Gasteiger partial charge in [-0.15, -0.1) is 0 Å². The Bertz CT molecular complexity index is 420. The van der Waals surface area contributed by atoms with Crippen LogP contribution in [-0.4, -0.2) is 23.0 Å². The molecule has 5 nitrogen and oxygen atoms in total. The highest BCUT2D eigenvalue weighted by atomic mass is 32.1. The lowest BCUT2D eigenvalue weighted by Gasteiger charge is -2.19. The number of carbonyl (C=O) groups excluding carboxylic acids is 1. The van der Waals surface area contributed by atoms with Crippen LogP contribution in [0.3, 0.4) is 0 Å². The third kappa shape index (κ3) is 4.52. The van der Waals surface area contributed by atoms with E-state index >= 15 is 0 Å². The SMILES string of the molecule is CC(C)CNC(=O)c1sc(NC(C)(C)C)nc1N. The van der Waals surface area contributed by atoms with Crippen LogP contribution >= 0.6 is 11.3 Å². The Labute approximate surface area is 112 Å². The van der Waals surface area contributed by atoms with Gasteiger partial charge in [0.25, 0.3) is 5.91 Å². The van der Waals surface area contributed by atoms with Gasteiger partial charge in [0.2, 0.25) is 0 Å². The Hall–Kier alpha value is -1.30. The number of amides is 1. The van der Waals surface area contributed by atoms with Crippen LogP contribution in [-0.2, 0) is 0 Å². The molecule has 1 aromatic heterocycles. The van der Waals surface area contributed by atoms with Gasteiger partial charge in [0.15, 0.2) is 5.13 Å². The average Bonchev–Trinajstić information content (AvgIpc) is 2.53. The molecule has 18 heavy (non-hydrogen) atoms. The van der Waals surface area contributed by atoms with E-state index in [1.807, 2.05) is 34.6 Å². The second-order valence-corrected chi connectivity index (χ2v) is 6.71. The van der Waals surface area contributed by atoms with E-state index in [-0.39, 0.29) is 17.3 Å². The number of anilines is 2. The first-order valence-electron chi connectivity index (χ1n) is 6.01. The fraction of sp³-hybridized carbons (Fsp3) is 0.667. The number of nitrogens with zero attached hydrogens (tertiary/aromatic N) is 1. The number of thiazole rings is 1. The Balaban J connectivity index is 2.75. The summed E-state index contributed by atoms with van der Waals surface area (Å²) < 4.78 is 0. The summed E-state index contributed by atoms with van der Waals surface area (Å²) in [5, 5.41) is 6.72. The summed E-state index contributed by atoms with van der Waals surface area (Å²) >= 11 is 1.29. The van der Waals surface area contributed by atoms with Gasteiger partial charge in [-0.25, -0.2) is 4.98 Å². The summed E-state index contributed by atoms with van der Waals surface area (Å²) in [5.74, 6) is 0.545. The van der Waals surface area contributed by atoms with E-state index < -0.39 is 0 Å². The lowest BCUT2D eigenvalue weighted by Crippen LogP contribution is -2.27. The summed E-state index contributed by atoms with van der Waals surface area (Å²) in [4.78, 5) is 16.5. The molecule has 6 heteroatoms. The van der Waals surface area contributed by atoms with Crippen LogP contribution in [0, 0.1) is 5.92 Å². The quantitative estimate of drug-likeness (QED) is 0.784. The molecule has 0 aromatic carbocycles. The molecule has 0 spiro atoms. The summed E-state index contributed by atoms with van der Waals surface area (Å²) in [6.07, 6.45) is 0. The minimum absolute atomic E-state index is 0.101. The van der Waals surface area contributed by atoms with Crippen LogP contribution in [0.1, 0.15) is 44.3 Å². The molecule has 4 N–H and O–H groups in total. The standard InChI is InChI=1S/C12H22N4OS/c1-7(2)6-14-10(17)8-9(13)15-11(18-8)16-12(3,4)5/h7H,6,13H2,1-5H3,(H,14,17)(H,15,16). The van der Waals surface area contributed by atoms with Crippen LogP contribution in [0.4, 0.5) is 10.9 Å². The molecule has 0 aliphatic rings. The fourth-order valence-corrected chi connectivity index (χ4v) is 2.26. The molecule has 0 aliphatic heterocycles. The zero-order valence-electron chi connectivity index (χ0n) is 11.6. The second kappa shape index (κ2) is 5.56. The minimum atomic E-state index is -0.152. The molecule has 0 fully saturated rings. The van der Waals surface area contributed by atoms with Gasteiger partial charge in [-0.3, -0.25) is 4.79 Å². The van der Waals surface area contributed by atoms with Crippen LogP contribution in [0.25, 0.3) is 0 Å². The van der Waals surface area contributed by atoms with E-state index in [1.54, 1.807) is 0 Å². The number of aromatic nitrogens is 1. The van der Waals surface area contributed by atoms with Gasteiger partial charge in [0.1, 0.15) is 10.7 Å². The van der Waals surface area contributed by atoms with Gasteiger partial charge in [-0.2, -0.15) is 0 Å². The van der Waals surface area contributed by atoms with E-state index in [2.05, 4.69) is 15.6 Å². The zero-order valence-corrected chi connectivity index (χ0v) is 12.4. The second-order valence-electron chi connectivity index (χ2n) is 5.71. The van der Waals surface area contributed by atoms with Crippen molar-refractivity contribution in [3.63, 3.8) is 0 Å². The first-order chi connectivity index (χ1) is 8.19. The molecular weight excluding hydrogens is 248 g/mol. The van der Waals surface area contributed by atoms with Crippen molar-refractivity contribution in [1.29, 1.82) is 0 Å². The molecule has 0 atom stereocenters. The Morgan fingerprint density at radius 1 is 1.44 bits per heavy atom. The van der Waals surface area contributed by atoms with Gasteiger partial charge in [0.05, 0.1) is 0 Å². The summed E-state index contributed by atoms with van der Waals surface area (Å²) in [7, 11) is 0. The smallest absolute Gasteiger partial charge is 0.265 e. The van der Waals surface area contributed by atoms with Crippen molar-refractivity contribution in [2.24, 2.45) is 5.92 Å². The largest absolute Gasteiger partial charge is 0.382 e. The van der Waals surface area contributed by atoms with E-state index in [4.69, 9.17) is 5.73 Å². The number of nitrogens with two attached hydrogens (primary N) is 1. The molecule has 1 amide bonds. The third-order valence-electron chi connectivity index (χ3n) is 2.01. The predicted molar refractivity (Wildman–Crippen MR) is 77.1 cm³/mol. The predicted octanol–water partition coefficient (Wildman–Crippen LogP) is 2.32. The molecule has 1 aromatic rings. The number of rotatable bonds is 4. The third-order valence-corrected chi connectivity index (χ3v) is 3.00. The van der Waals surface area contributed by atoms with Gasteiger partial charge in [0, 0.05) is 12.1 Å². The molecule has 0 unspecified atom stereocenters. The number of nitrogens with one attached hydrogen (secondary N) is 2. The van der Waals surface area contributed by atoms with Crippen molar-refractivity contribution in [2.45, 2.75) is 40.2 Å². The molecule has 0 saturated heterocycles. The van der Waals surface area contributed by atoms with Gasteiger partial charge >= 0.3 is 0 Å². The molecule has 1 heterocycles. The summed E-state index contributed by atoms with van der Waals surface area (Å²) in [6, 6.07) is 0. The van der Waals surface area contributed by atoms with E-state index in [0.717, 1.165) is 0 Å². The fourth-order valence-electron chi connectivity index (χ4n) is 1.25. The Morgan fingerprint density at radius 2 is 2.06 bits per heavy atom. The van der Waals surface area contributed by atoms with Crippen molar-refractivity contribution in [3.05, 3.63) is 4.88 Å². The monoisotopic (exact) mass is 270 g/mol. The van der Waals surface area contributed by atoms with Crippen LogP contribution in [0.2, 0.25) is 0 Å². The van der Waals surface area contributed by atoms with Crippen LogP contribution in [0.5, 0.6) is 0 Å². The van der Waals surface area contributed by atoms with E-state index in [1.165, 1.54) is 11.3 Å². The molecular formula is C12H22N4OS. The Kier molecular flexibility index (Phi) is 4.56. The Morgan fingerprint density at radius 3 is 2.56 bits per heavy atom. The highest BCUT2D eigenvalue weighted by Crippen LogP contribution is 2.27. The first kappa shape index (κ1) is 14.8. The molecule has 1 rings (SSSR count). The lowest BCUT2D eigenvalue weighted by molar-refractivity contribution is 0.0953. The minimum Gasteiger partial charge on any atom is -0.382 e. The average molecular weight is 270 g/mol. The lowest BCUT2D eigenvalue weighted by atomic mass is 10.1. The van der Waals surface area contributed by atoms with Crippen molar-refractivity contribution in [2.75, 3.05) is 17.6 Å². The summed E-state index contributed by atoms with van der Waals surface area (Å²) in [5.41, 5.74) is 5.66. The van der Waals surface area contributed by atoms with Crippen molar-refractivity contribution < 1.29 is 4.79 Å². The van der Waals surface area contributed by atoms with E-state index in [9.17, 15) is 4.79 Å². The topological polar surface area (TPSA) is 80.0 Å². The number of nitrogen functional groups attached to an aromatic ring is 1. The number of hydrogen-bond donors (Lipinski definition) is 3.